The number of para-hydroxylation sites is 2. The van der Waals surface area contributed by atoms with Crippen LogP contribution in [0.2, 0.25) is 6.32 Å². The van der Waals surface area contributed by atoms with Gasteiger partial charge in [-0.2, -0.15) is 0 Å². The van der Waals surface area contributed by atoms with Crippen LogP contribution >= 0.6 is 0 Å². The van der Waals surface area contributed by atoms with Gasteiger partial charge in [-0.25, -0.2) is 4.98 Å². The Hall–Kier alpha value is -2.69. The minimum absolute atomic E-state index is 0.223. The van der Waals surface area contributed by atoms with Crippen LogP contribution in [0, 0.1) is 0 Å². The quantitative estimate of drug-likeness (QED) is 0.125. The van der Waals surface area contributed by atoms with E-state index in [1.165, 1.54) is 75.3 Å². The molecule has 206 valence electrons. The predicted octanol–water partition coefficient (Wildman–Crippen LogP) is 9.01. The van der Waals surface area contributed by atoms with Crippen molar-refractivity contribution in [1.82, 2.24) is 9.55 Å². The number of aryl methyl sites for hydroxylation is 1. The van der Waals surface area contributed by atoms with Gasteiger partial charge in [-0.15, -0.1) is 0 Å². The van der Waals surface area contributed by atoms with E-state index < -0.39 is 0 Å². The van der Waals surface area contributed by atoms with E-state index in [2.05, 4.69) is 28.6 Å². The van der Waals surface area contributed by atoms with Crippen molar-refractivity contribution in [3.05, 3.63) is 78.4 Å². The lowest BCUT2D eigenvalue weighted by Gasteiger charge is -2.22. The second kappa shape index (κ2) is 20.3. The van der Waals surface area contributed by atoms with E-state index in [-0.39, 0.29) is 5.92 Å². The van der Waals surface area contributed by atoms with Gasteiger partial charge in [0.05, 0.1) is 28.4 Å². The summed E-state index contributed by atoms with van der Waals surface area (Å²) in [6.45, 7) is 3.41. The number of rotatable bonds is 18. The Morgan fingerprint density at radius 1 is 0.737 bits per heavy atom. The third kappa shape index (κ3) is 11.8. The van der Waals surface area contributed by atoms with Gasteiger partial charge >= 0.3 is 0 Å². The van der Waals surface area contributed by atoms with Gasteiger partial charge in [0.1, 0.15) is 11.5 Å². The maximum atomic E-state index is 5.71. The summed E-state index contributed by atoms with van der Waals surface area (Å²) >= 11 is 0. The minimum Gasteiger partial charge on any atom is -0.496 e. The summed E-state index contributed by atoms with van der Waals surface area (Å²) in [5, 5.41) is 0. The first-order valence-corrected chi connectivity index (χ1v) is 14.7. The molecule has 0 unspecified atom stereocenters. The molecular weight excluding hydrogens is 467 g/mol. The Kier molecular flexibility index (Phi) is 16.8. The number of benzene rings is 2. The van der Waals surface area contributed by atoms with Gasteiger partial charge in [-0.3, -0.25) is 0 Å². The number of aromatic nitrogens is 2. The predicted molar refractivity (Wildman–Crippen MR) is 162 cm³/mol. The van der Waals surface area contributed by atoms with Gasteiger partial charge in [0.2, 0.25) is 0 Å². The first-order chi connectivity index (χ1) is 18.7. The van der Waals surface area contributed by atoms with Gasteiger partial charge in [-0.1, -0.05) is 114 Å². The van der Waals surface area contributed by atoms with Crippen LogP contribution in [0.3, 0.4) is 0 Å². The molecule has 0 amide bonds. The lowest BCUT2D eigenvalue weighted by molar-refractivity contribution is 0.397. The maximum absolute atomic E-state index is 5.71. The summed E-state index contributed by atoms with van der Waals surface area (Å²) in [7, 11) is 9.13. The number of imidazole rings is 1. The van der Waals surface area contributed by atoms with Crippen LogP contribution in [0.4, 0.5) is 0 Å². The fraction of sp³-hybridized carbons (Fsp3) is 0.545. The van der Waals surface area contributed by atoms with Gasteiger partial charge in [0.15, 0.2) is 0 Å². The van der Waals surface area contributed by atoms with Crippen molar-refractivity contribution in [2.75, 3.05) is 14.2 Å². The van der Waals surface area contributed by atoms with E-state index in [0.717, 1.165) is 30.9 Å². The second-order valence-electron chi connectivity index (χ2n) is 9.95. The third-order valence-corrected chi connectivity index (χ3v) is 7.05. The summed E-state index contributed by atoms with van der Waals surface area (Å²) in [4.78, 5) is 4.05. The molecule has 4 nitrogen and oxygen atoms in total. The molecular formula is C33H49BN2O2. The highest BCUT2D eigenvalue weighted by Gasteiger charge is 2.20. The molecule has 0 atom stereocenters. The highest BCUT2D eigenvalue weighted by Crippen LogP contribution is 2.39. The summed E-state index contributed by atoms with van der Waals surface area (Å²) in [5.41, 5.74) is 2.36. The van der Waals surface area contributed by atoms with E-state index in [1.54, 1.807) is 14.2 Å². The molecule has 2 radical (unpaired) electrons. The molecule has 5 heteroatoms. The van der Waals surface area contributed by atoms with Crippen LogP contribution in [0.5, 0.6) is 11.5 Å². The Balaban J connectivity index is 0.000000273. The van der Waals surface area contributed by atoms with Crippen LogP contribution < -0.4 is 9.47 Å². The first-order valence-electron chi connectivity index (χ1n) is 14.7. The zero-order valence-corrected chi connectivity index (χ0v) is 24.1. The second-order valence-corrected chi connectivity index (χ2v) is 9.95. The number of nitrogens with zero attached hydrogens (tertiary/aromatic N) is 2. The third-order valence-electron chi connectivity index (χ3n) is 7.05. The monoisotopic (exact) mass is 516 g/mol. The molecule has 3 rings (SSSR count). The lowest BCUT2D eigenvalue weighted by Crippen LogP contribution is -2.05. The van der Waals surface area contributed by atoms with E-state index >= 15 is 0 Å². The largest absolute Gasteiger partial charge is 0.496 e. The van der Waals surface area contributed by atoms with Crippen molar-refractivity contribution in [2.24, 2.45) is 0 Å². The maximum Gasteiger partial charge on any atom is 0.122 e. The SMILES string of the molecule is CCCCCCCCCCCCn1ccnc1.[B]CCCC(c1ccccc1OC)c1ccccc1OC. The zero-order chi connectivity index (χ0) is 27.3. The number of unbranched alkanes of at least 4 members (excludes halogenated alkanes) is 9. The molecule has 1 aromatic heterocycles. The first kappa shape index (κ1) is 31.5. The molecule has 0 bridgehead atoms. The molecule has 0 saturated carbocycles. The Labute approximate surface area is 233 Å². The van der Waals surface area contributed by atoms with E-state index in [0.29, 0.717) is 6.32 Å². The van der Waals surface area contributed by atoms with Gasteiger partial charge in [-0.05, 0) is 25.0 Å². The van der Waals surface area contributed by atoms with Gasteiger partial charge in [0, 0.05) is 36.0 Å². The average Bonchev–Trinajstić information content (AvgIpc) is 3.49. The van der Waals surface area contributed by atoms with Crippen molar-refractivity contribution >= 4 is 7.85 Å². The van der Waals surface area contributed by atoms with Gasteiger partial charge < -0.3 is 14.0 Å². The summed E-state index contributed by atoms with van der Waals surface area (Å²) < 4.78 is 13.2. The van der Waals surface area contributed by atoms with E-state index in [4.69, 9.17) is 17.3 Å². The van der Waals surface area contributed by atoms with Crippen molar-refractivity contribution < 1.29 is 9.47 Å². The Morgan fingerprint density at radius 2 is 1.26 bits per heavy atom. The Bertz CT molecular complexity index is 914. The number of methoxy groups -OCH3 is 2. The fourth-order valence-corrected chi connectivity index (χ4v) is 4.91. The average molecular weight is 517 g/mol. The van der Waals surface area contributed by atoms with E-state index in [9.17, 15) is 0 Å². The molecule has 0 N–H and O–H groups in total. The smallest absolute Gasteiger partial charge is 0.122 e. The molecule has 0 saturated heterocycles. The standard InChI is InChI=1S/C18H21BO2.C15H28N2/c1-20-17-11-5-3-8-15(17)14(10-7-13-19)16-9-4-6-12-18(16)21-2;1-2-3-4-5-6-7-8-9-10-11-13-17-14-12-16-15-17/h3-6,8-9,11-12,14H,7,10,13H2,1-2H3;12,14-15H,2-11,13H2,1H3. The minimum atomic E-state index is 0.223. The van der Waals surface area contributed by atoms with Crippen LogP contribution in [0.1, 0.15) is 101 Å². The lowest BCUT2D eigenvalue weighted by atomic mass is 9.84. The van der Waals surface area contributed by atoms with Crippen molar-refractivity contribution in [3.63, 3.8) is 0 Å². The van der Waals surface area contributed by atoms with Crippen LogP contribution in [-0.4, -0.2) is 31.6 Å². The Morgan fingerprint density at radius 3 is 1.74 bits per heavy atom. The summed E-state index contributed by atoms with van der Waals surface area (Å²) in [5.74, 6) is 2.04. The van der Waals surface area contributed by atoms with Crippen molar-refractivity contribution in [3.8, 4) is 11.5 Å². The molecule has 38 heavy (non-hydrogen) atoms. The zero-order valence-electron chi connectivity index (χ0n) is 24.1. The van der Waals surface area contributed by atoms with Crippen LogP contribution in [0.15, 0.2) is 67.3 Å². The number of hydrogen-bond donors (Lipinski definition) is 0. The highest BCUT2D eigenvalue weighted by molar-refractivity contribution is 6.08. The fourth-order valence-electron chi connectivity index (χ4n) is 4.91. The molecule has 0 aliphatic rings. The van der Waals surface area contributed by atoms with Crippen molar-refractivity contribution in [1.29, 1.82) is 0 Å². The number of ether oxygens (including phenoxy) is 2. The van der Waals surface area contributed by atoms with Crippen LogP contribution in [-0.2, 0) is 6.54 Å². The van der Waals surface area contributed by atoms with Gasteiger partial charge in [0.25, 0.3) is 0 Å². The molecule has 2 aromatic carbocycles. The molecule has 1 heterocycles. The molecule has 0 aliphatic heterocycles. The van der Waals surface area contributed by atoms with E-state index in [1.807, 2.05) is 55.1 Å². The highest BCUT2D eigenvalue weighted by atomic mass is 16.5. The normalized spacial score (nSPS) is 10.7. The molecule has 0 fully saturated rings. The molecule has 0 spiro atoms. The van der Waals surface area contributed by atoms with Crippen molar-refractivity contribution in [2.45, 2.75) is 103 Å². The molecule has 3 aromatic rings. The number of hydrogen-bond acceptors (Lipinski definition) is 3. The summed E-state index contributed by atoms with van der Waals surface area (Å²) in [6, 6.07) is 16.3. The summed E-state index contributed by atoms with van der Waals surface area (Å²) in [6.07, 6.45) is 22.5. The molecule has 0 aliphatic carbocycles. The van der Waals surface area contributed by atoms with Crippen LogP contribution in [0.25, 0.3) is 0 Å². The topological polar surface area (TPSA) is 36.3 Å².